The van der Waals surface area contributed by atoms with Crippen LogP contribution in [0.5, 0.6) is 0 Å². The molecule has 4 nitrogen and oxygen atoms in total. The SMILES string of the molecule is CC(=O)N(C)C1CCN(c2nc3c(C(C)C)cccc3s2)CC1. The monoisotopic (exact) mass is 331 g/mol. The molecule has 1 aromatic carbocycles. The minimum Gasteiger partial charge on any atom is -0.348 e. The number of aromatic nitrogens is 1. The van der Waals surface area contributed by atoms with Crippen LogP contribution >= 0.6 is 11.3 Å². The lowest BCUT2D eigenvalue weighted by atomic mass is 10.0. The van der Waals surface area contributed by atoms with Crippen LogP contribution in [0.4, 0.5) is 5.13 Å². The molecule has 2 heterocycles. The Morgan fingerprint density at radius 3 is 2.65 bits per heavy atom. The van der Waals surface area contributed by atoms with Crippen molar-refractivity contribution in [3.8, 4) is 0 Å². The van der Waals surface area contributed by atoms with Gasteiger partial charge in [0.15, 0.2) is 5.13 Å². The van der Waals surface area contributed by atoms with Gasteiger partial charge in [0.1, 0.15) is 0 Å². The number of rotatable bonds is 3. The number of carbonyl (C=O) groups excluding carboxylic acids is 1. The molecule has 1 saturated heterocycles. The van der Waals surface area contributed by atoms with Crippen molar-refractivity contribution in [1.29, 1.82) is 0 Å². The Morgan fingerprint density at radius 1 is 1.35 bits per heavy atom. The van der Waals surface area contributed by atoms with Crippen LogP contribution in [0.3, 0.4) is 0 Å². The summed E-state index contributed by atoms with van der Waals surface area (Å²) in [6, 6.07) is 6.85. The van der Waals surface area contributed by atoms with Gasteiger partial charge in [-0.1, -0.05) is 37.3 Å². The first-order chi connectivity index (χ1) is 11.0. The highest BCUT2D eigenvalue weighted by atomic mass is 32.1. The number of amides is 1. The molecule has 23 heavy (non-hydrogen) atoms. The quantitative estimate of drug-likeness (QED) is 0.857. The van der Waals surface area contributed by atoms with Gasteiger partial charge in [-0.05, 0) is 30.4 Å². The molecule has 1 aliphatic rings. The molecule has 2 aromatic rings. The van der Waals surface area contributed by atoms with Crippen molar-refractivity contribution in [2.45, 2.75) is 45.6 Å². The minimum absolute atomic E-state index is 0.157. The van der Waals surface area contributed by atoms with Gasteiger partial charge < -0.3 is 9.80 Å². The second-order valence-electron chi connectivity index (χ2n) is 6.69. The van der Waals surface area contributed by atoms with Gasteiger partial charge in [0, 0.05) is 33.1 Å². The lowest BCUT2D eigenvalue weighted by Crippen LogP contribution is -2.45. The fourth-order valence-electron chi connectivity index (χ4n) is 3.26. The van der Waals surface area contributed by atoms with Gasteiger partial charge in [0.2, 0.25) is 5.91 Å². The van der Waals surface area contributed by atoms with Crippen molar-refractivity contribution in [2.24, 2.45) is 0 Å². The van der Waals surface area contributed by atoms with E-state index in [-0.39, 0.29) is 5.91 Å². The average Bonchev–Trinajstić information content (AvgIpc) is 2.97. The van der Waals surface area contributed by atoms with Crippen LogP contribution < -0.4 is 4.90 Å². The molecule has 0 radical (unpaired) electrons. The van der Waals surface area contributed by atoms with Gasteiger partial charge in [-0.15, -0.1) is 0 Å². The second kappa shape index (κ2) is 6.48. The minimum atomic E-state index is 0.157. The van der Waals surface area contributed by atoms with Gasteiger partial charge in [-0.3, -0.25) is 4.79 Å². The van der Waals surface area contributed by atoms with Crippen LogP contribution in [0.2, 0.25) is 0 Å². The van der Waals surface area contributed by atoms with Crippen molar-refractivity contribution < 1.29 is 4.79 Å². The number of anilines is 1. The lowest BCUT2D eigenvalue weighted by Gasteiger charge is -2.36. The number of thiazole rings is 1. The Hall–Kier alpha value is -1.62. The maximum atomic E-state index is 11.5. The van der Waals surface area contributed by atoms with Gasteiger partial charge in [0.05, 0.1) is 10.2 Å². The van der Waals surface area contributed by atoms with Crippen LogP contribution in [-0.2, 0) is 4.79 Å². The Labute approximate surface area is 142 Å². The fraction of sp³-hybridized carbons (Fsp3) is 0.556. The summed E-state index contributed by atoms with van der Waals surface area (Å²) in [6.45, 7) is 8.03. The molecule has 5 heteroatoms. The van der Waals surface area contributed by atoms with Crippen molar-refractivity contribution in [3.05, 3.63) is 23.8 Å². The summed E-state index contributed by atoms with van der Waals surface area (Å²) in [4.78, 5) is 20.7. The van der Waals surface area contributed by atoms with Crippen LogP contribution in [0.15, 0.2) is 18.2 Å². The third-order valence-electron chi connectivity index (χ3n) is 4.84. The molecule has 1 aromatic heterocycles. The second-order valence-corrected chi connectivity index (χ2v) is 7.70. The zero-order valence-corrected chi connectivity index (χ0v) is 15.2. The number of piperidine rings is 1. The summed E-state index contributed by atoms with van der Waals surface area (Å²) in [5.41, 5.74) is 2.49. The molecule has 1 aliphatic heterocycles. The topological polar surface area (TPSA) is 36.4 Å². The largest absolute Gasteiger partial charge is 0.348 e. The molecule has 1 amide bonds. The highest BCUT2D eigenvalue weighted by Gasteiger charge is 2.25. The average molecular weight is 331 g/mol. The number of hydrogen-bond acceptors (Lipinski definition) is 4. The number of nitrogens with zero attached hydrogens (tertiary/aromatic N) is 3. The number of hydrogen-bond donors (Lipinski definition) is 0. The summed E-state index contributed by atoms with van der Waals surface area (Å²) in [7, 11) is 1.91. The summed E-state index contributed by atoms with van der Waals surface area (Å²) in [6.07, 6.45) is 2.03. The molecule has 0 saturated carbocycles. The first kappa shape index (κ1) is 16.2. The maximum Gasteiger partial charge on any atom is 0.219 e. The van der Waals surface area contributed by atoms with Crippen LogP contribution in [0.1, 0.15) is 45.1 Å². The Bertz CT molecular complexity index is 701. The lowest BCUT2D eigenvalue weighted by molar-refractivity contribution is -0.129. The van der Waals surface area contributed by atoms with Crippen molar-refractivity contribution in [1.82, 2.24) is 9.88 Å². The number of para-hydroxylation sites is 1. The summed E-state index contributed by atoms with van der Waals surface area (Å²) in [5.74, 6) is 0.647. The molecule has 0 unspecified atom stereocenters. The van der Waals surface area contributed by atoms with Crippen molar-refractivity contribution in [2.75, 3.05) is 25.0 Å². The number of carbonyl (C=O) groups is 1. The fourth-order valence-corrected chi connectivity index (χ4v) is 4.31. The number of fused-ring (bicyclic) bond motifs is 1. The summed E-state index contributed by atoms with van der Waals surface area (Å²) >= 11 is 1.79. The van der Waals surface area contributed by atoms with E-state index in [9.17, 15) is 4.79 Å². The molecule has 0 atom stereocenters. The zero-order valence-electron chi connectivity index (χ0n) is 14.4. The molecular formula is C18H25N3OS. The normalized spacial score (nSPS) is 16.3. The van der Waals surface area contributed by atoms with Crippen molar-refractivity contribution >= 4 is 32.6 Å². The molecule has 3 rings (SSSR count). The van der Waals surface area contributed by atoms with Gasteiger partial charge in [-0.25, -0.2) is 4.98 Å². The predicted octanol–water partition coefficient (Wildman–Crippen LogP) is 3.87. The van der Waals surface area contributed by atoms with E-state index in [0.29, 0.717) is 12.0 Å². The van der Waals surface area contributed by atoms with E-state index < -0.39 is 0 Å². The van der Waals surface area contributed by atoms with Crippen LogP contribution in [0, 0.1) is 0 Å². The van der Waals surface area contributed by atoms with E-state index >= 15 is 0 Å². The Balaban J connectivity index is 1.78. The molecule has 124 valence electrons. The first-order valence-corrected chi connectivity index (χ1v) is 9.17. The third-order valence-corrected chi connectivity index (χ3v) is 5.92. The molecular weight excluding hydrogens is 306 g/mol. The molecule has 1 fully saturated rings. The van der Waals surface area contributed by atoms with E-state index in [4.69, 9.17) is 4.98 Å². The van der Waals surface area contributed by atoms with Gasteiger partial charge in [0.25, 0.3) is 0 Å². The van der Waals surface area contributed by atoms with Crippen molar-refractivity contribution in [3.63, 3.8) is 0 Å². The smallest absolute Gasteiger partial charge is 0.219 e. The van der Waals surface area contributed by atoms with E-state index in [1.807, 2.05) is 11.9 Å². The molecule has 0 spiro atoms. The van der Waals surface area contributed by atoms with E-state index in [0.717, 1.165) is 36.6 Å². The summed E-state index contributed by atoms with van der Waals surface area (Å²) < 4.78 is 1.27. The maximum absolute atomic E-state index is 11.5. The highest BCUT2D eigenvalue weighted by molar-refractivity contribution is 7.22. The van der Waals surface area contributed by atoms with E-state index in [2.05, 4.69) is 36.9 Å². The zero-order chi connectivity index (χ0) is 16.6. The molecule has 0 aliphatic carbocycles. The van der Waals surface area contributed by atoms with E-state index in [1.54, 1.807) is 18.3 Å². The predicted molar refractivity (Wildman–Crippen MR) is 97.4 cm³/mol. The Kier molecular flexibility index (Phi) is 4.57. The van der Waals surface area contributed by atoms with Crippen LogP contribution in [0.25, 0.3) is 10.2 Å². The standard InChI is InChI=1S/C18H25N3OS/c1-12(2)15-6-5-7-16-17(15)19-18(23-16)21-10-8-14(9-11-21)20(4)13(3)22/h5-7,12,14H,8-11H2,1-4H3. The van der Waals surface area contributed by atoms with Crippen LogP contribution in [-0.4, -0.2) is 42.0 Å². The molecule has 0 N–H and O–H groups in total. The summed E-state index contributed by atoms with van der Waals surface area (Å²) in [5, 5.41) is 1.12. The first-order valence-electron chi connectivity index (χ1n) is 8.35. The molecule has 0 bridgehead atoms. The van der Waals surface area contributed by atoms with Gasteiger partial charge in [-0.2, -0.15) is 0 Å². The van der Waals surface area contributed by atoms with E-state index in [1.165, 1.54) is 10.3 Å². The Morgan fingerprint density at radius 2 is 2.04 bits per heavy atom. The highest BCUT2D eigenvalue weighted by Crippen LogP contribution is 2.34. The number of benzene rings is 1. The van der Waals surface area contributed by atoms with Gasteiger partial charge >= 0.3 is 0 Å². The third kappa shape index (κ3) is 3.20.